The molecule has 84 valence electrons. The average Bonchev–Trinajstić information content (AvgIpc) is 2.15. The largest absolute Gasteiger partial charge is 0.460 e. The molecule has 0 aromatic rings. The lowest BCUT2D eigenvalue weighted by molar-refractivity contribution is -0.161. The van der Waals surface area contributed by atoms with Crippen molar-refractivity contribution in [1.82, 2.24) is 0 Å². The van der Waals surface area contributed by atoms with Gasteiger partial charge >= 0.3 is 5.97 Å². The predicted octanol–water partition coefficient (Wildman–Crippen LogP) is 2.77. The molecule has 0 saturated heterocycles. The van der Waals surface area contributed by atoms with Gasteiger partial charge in [-0.3, -0.25) is 4.79 Å². The SMILES string of the molecule is C#CC1CCC(C(=O)OC(C)(C)C)CC1. The standard InChI is InChI=1S/C13H20O2/c1-5-10-6-8-11(9-7-10)12(14)15-13(2,3)4/h1,10-11H,6-9H2,2-4H3. The van der Waals surface area contributed by atoms with Crippen molar-refractivity contribution in [3.63, 3.8) is 0 Å². The Morgan fingerprint density at radius 2 is 1.80 bits per heavy atom. The van der Waals surface area contributed by atoms with Crippen LogP contribution in [0.2, 0.25) is 0 Å². The van der Waals surface area contributed by atoms with Crippen molar-refractivity contribution >= 4 is 5.97 Å². The van der Waals surface area contributed by atoms with Crippen molar-refractivity contribution in [1.29, 1.82) is 0 Å². The molecule has 0 spiro atoms. The average molecular weight is 208 g/mol. The quantitative estimate of drug-likeness (QED) is 0.489. The zero-order valence-corrected chi connectivity index (χ0v) is 9.88. The van der Waals surface area contributed by atoms with Gasteiger partial charge in [-0.1, -0.05) is 0 Å². The van der Waals surface area contributed by atoms with Crippen LogP contribution >= 0.6 is 0 Å². The maximum atomic E-state index is 11.7. The Hall–Kier alpha value is -0.970. The highest BCUT2D eigenvalue weighted by Gasteiger charge is 2.29. The molecule has 0 N–H and O–H groups in total. The summed E-state index contributed by atoms with van der Waals surface area (Å²) in [4.78, 5) is 11.7. The van der Waals surface area contributed by atoms with E-state index in [1.807, 2.05) is 20.8 Å². The molecule has 1 saturated carbocycles. The van der Waals surface area contributed by atoms with Crippen LogP contribution < -0.4 is 0 Å². The molecule has 2 nitrogen and oxygen atoms in total. The molecular weight excluding hydrogens is 188 g/mol. The summed E-state index contributed by atoms with van der Waals surface area (Å²) in [5.74, 6) is 3.13. The van der Waals surface area contributed by atoms with Gasteiger partial charge in [0.25, 0.3) is 0 Å². The molecule has 0 aromatic carbocycles. The number of esters is 1. The minimum atomic E-state index is -0.375. The van der Waals surface area contributed by atoms with Crippen molar-refractivity contribution in [3.8, 4) is 12.3 Å². The second kappa shape index (κ2) is 4.70. The molecule has 0 atom stereocenters. The van der Waals surface area contributed by atoms with Crippen LogP contribution in [-0.2, 0) is 9.53 Å². The van der Waals surface area contributed by atoms with E-state index >= 15 is 0 Å². The summed E-state index contributed by atoms with van der Waals surface area (Å²) >= 11 is 0. The van der Waals surface area contributed by atoms with Gasteiger partial charge in [0.15, 0.2) is 0 Å². The highest BCUT2D eigenvalue weighted by molar-refractivity contribution is 5.73. The Morgan fingerprint density at radius 3 is 2.20 bits per heavy atom. The van der Waals surface area contributed by atoms with Crippen LogP contribution in [0, 0.1) is 24.2 Å². The summed E-state index contributed by atoms with van der Waals surface area (Å²) in [6, 6.07) is 0. The maximum Gasteiger partial charge on any atom is 0.309 e. The van der Waals surface area contributed by atoms with Crippen molar-refractivity contribution < 1.29 is 9.53 Å². The number of hydrogen-bond acceptors (Lipinski definition) is 2. The molecule has 0 aliphatic heterocycles. The van der Waals surface area contributed by atoms with Crippen LogP contribution in [0.5, 0.6) is 0 Å². The lowest BCUT2D eigenvalue weighted by Crippen LogP contribution is -2.30. The van der Waals surface area contributed by atoms with Crippen LogP contribution in [-0.4, -0.2) is 11.6 Å². The van der Waals surface area contributed by atoms with Crippen LogP contribution in [0.3, 0.4) is 0 Å². The van der Waals surface area contributed by atoms with Crippen LogP contribution in [0.1, 0.15) is 46.5 Å². The molecule has 0 radical (unpaired) electrons. The van der Waals surface area contributed by atoms with E-state index in [0.29, 0.717) is 5.92 Å². The first-order valence-corrected chi connectivity index (χ1v) is 5.61. The summed E-state index contributed by atoms with van der Waals surface area (Å²) < 4.78 is 5.36. The Morgan fingerprint density at radius 1 is 1.27 bits per heavy atom. The lowest BCUT2D eigenvalue weighted by atomic mass is 9.82. The topological polar surface area (TPSA) is 26.3 Å². The predicted molar refractivity (Wildman–Crippen MR) is 60.1 cm³/mol. The fourth-order valence-corrected chi connectivity index (χ4v) is 1.88. The Labute approximate surface area is 92.4 Å². The van der Waals surface area contributed by atoms with Gasteiger partial charge in [0.1, 0.15) is 5.60 Å². The minimum Gasteiger partial charge on any atom is -0.460 e. The van der Waals surface area contributed by atoms with E-state index in [0.717, 1.165) is 25.7 Å². The van der Waals surface area contributed by atoms with Crippen molar-refractivity contribution in [2.75, 3.05) is 0 Å². The third-order valence-corrected chi connectivity index (χ3v) is 2.70. The van der Waals surface area contributed by atoms with E-state index in [2.05, 4.69) is 5.92 Å². The highest BCUT2D eigenvalue weighted by Crippen LogP contribution is 2.30. The molecule has 0 heterocycles. The van der Waals surface area contributed by atoms with E-state index < -0.39 is 0 Å². The van der Waals surface area contributed by atoms with Crippen LogP contribution in [0.25, 0.3) is 0 Å². The number of carbonyl (C=O) groups is 1. The van der Waals surface area contributed by atoms with Gasteiger partial charge in [-0.15, -0.1) is 12.3 Å². The van der Waals surface area contributed by atoms with E-state index in [9.17, 15) is 4.79 Å². The molecule has 0 unspecified atom stereocenters. The summed E-state index contributed by atoms with van der Waals surface area (Å²) in [6.07, 6.45) is 9.04. The number of rotatable bonds is 1. The molecule has 1 aliphatic rings. The normalized spacial score (nSPS) is 26.8. The van der Waals surface area contributed by atoms with Crippen molar-refractivity contribution in [3.05, 3.63) is 0 Å². The molecule has 15 heavy (non-hydrogen) atoms. The summed E-state index contributed by atoms with van der Waals surface area (Å²) in [5, 5.41) is 0. The fraction of sp³-hybridized carbons (Fsp3) is 0.769. The number of carbonyl (C=O) groups excluding carboxylic acids is 1. The zero-order valence-electron chi connectivity index (χ0n) is 9.88. The smallest absolute Gasteiger partial charge is 0.309 e. The summed E-state index contributed by atoms with van der Waals surface area (Å²) in [6.45, 7) is 5.70. The van der Waals surface area contributed by atoms with Gasteiger partial charge in [-0.05, 0) is 46.5 Å². The molecule has 0 amide bonds. The molecule has 1 fully saturated rings. The number of hydrogen-bond donors (Lipinski definition) is 0. The lowest BCUT2D eigenvalue weighted by Gasteiger charge is -2.27. The highest BCUT2D eigenvalue weighted by atomic mass is 16.6. The third-order valence-electron chi connectivity index (χ3n) is 2.70. The Balaban J connectivity index is 2.41. The fourth-order valence-electron chi connectivity index (χ4n) is 1.88. The van der Waals surface area contributed by atoms with Gasteiger partial charge in [-0.2, -0.15) is 0 Å². The van der Waals surface area contributed by atoms with Gasteiger partial charge in [-0.25, -0.2) is 0 Å². The first-order valence-electron chi connectivity index (χ1n) is 5.61. The van der Waals surface area contributed by atoms with Crippen molar-refractivity contribution in [2.45, 2.75) is 52.1 Å². The molecule has 2 heteroatoms. The molecular formula is C13H20O2. The van der Waals surface area contributed by atoms with Gasteiger partial charge in [0.2, 0.25) is 0 Å². The first-order chi connectivity index (χ1) is 6.92. The molecule has 0 bridgehead atoms. The monoisotopic (exact) mass is 208 g/mol. The van der Waals surface area contributed by atoms with Gasteiger partial charge in [0.05, 0.1) is 5.92 Å². The summed E-state index contributed by atoms with van der Waals surface area (Å²) in [7, 11) is 0. The van der Waals surface area contributed by atoms with Gasteiger partial charge < -0.3 is 4.74 Å². The van der Waals surface area contributed by atoms with Crippen LogP contribution in [0.15, 0.2) is 0 Å². The van der Waals surface area contributed by atoms with E-state index in [1.54, 1.807) is 0 Å². The van der Waals surface area contributed by atoms with Gasteiger partial charge in [0, 0.05) is 5.92 Å². The van der Waals surface area contributed by atoms with Crippen molar-refractivity contribution in [2.24, 2.45) is 11.8 Å². The van der Waals surface area contributed by atoms with E-state index in [4.69, 9.17) is 11.2 Å². The second-order valence-electron chi connectivity index (χ2n) is 5.25. The summed E-state index contributed by atoms with van der Waals surface area (Å²) in [5.41, 5.74) is -0.375. The Kier molecular flexibility index (Phi) is 3.79. The first kappa shape index (κ1) is 12.1. The minimum absolute atomic E-state index is 0.0574. The number of terminal acetylenes is 1. The molecule has 1 aliphatic carbocycles. The maximum absolute atomic E-state index is 11.7. The third kappa shape index (κ3) is 3.95. The Bertz CT molecular complexity index is 259. The molecule has 1 rings (SSSR count). The number of ether oxygens (including phenoxy) is 1. The van der Waals surface area contributed by atoms with E-state index in [-0.39, 0.29) is 17.5 Å². The van der Waals surface area contributed by atoms with E-state index in [1.165, 1.54) is 0 Å². The van der Waals surface area contributed by atoms with Crippen LogP contribution in [0.4, 0.5) is 0 Å². The second-order valence-corrected chi connectivity index (χ2v) is 5.25. The molecule has 0 aromatic heterocycles. The zero-order chi connectivity index (χ0) is 11.5.